The first kappa shape index (κ1) is 17.8. The fourth-order valence-electron chi connectivity index (χ4n) is 6.56. The molecule has 0 bridgehead atoms. The quantitative estimate of drug-likeness (QED) is 0.806. The number of hydrogen-bond acceptors (Lipinski definition) is 3. The Hall–Kier alpha value is -2.26. The summed E-state index contributed by atoms with van der Waals surface area (Å²) in [4.78, 5) is 27.7. The molecule has 0 aliphatic heterocycles. The molecule has 3 heteroatoms. The third-order valence-corrected chi connectivity index (χ3v) is 7.89. The smallest absolute Gasteiger partial charge is 0.147 e. The minimum absolute atomic E-state index is 0.130. The Morgan fingerprint density at radius 1 is 0.893 bits per heavy atom. The van der Waals surface area contributed by atoms with Crippen molar-refractivity contribution in [2.75, 3.05) is 6.61 Å². The third kappa shape index (κ3) is 1.79. The van der Waals surface area contributed by atoms with E-state index >= 15 is 0 Å². The van der Waals surface area contributed by atoms with Gasteiger partial charge in [0.15, 0.2) is 0 Å². The Balaban J connectivity index is 1.72. The number of ether oxygens (including phenoxy) is 1. The summed E-state index contributed by atoms with van der Waals surface area (Å²) in [5.74, 6) is -0.183. The molecule has 28 heavy (non-hydrogen) atoms. The first-order valence-electron chi connectivity index (χ1n) is 10.2. The van der Waals surface area contributed by atoms with E-state index in [1.165, 1.54) is 0 Å². The Labute approximate surface area is 166 Å². The normalized spacial score (nSPS) is 37.6. The van der Waals surface area contributed by atoms with E-state index in [0.29, 0.717) is 13.0 Å². The first-order valence-corrected chi connectivity index (χ1v) is 10.2. The minimum Gasteiger partial charge on any atom is -0.378 e. The third-order valence-electron chi connectivity index (χ3n) is 7.89. The van der Waals surface area contributed by atoms with Gasteiger partial charge in [-0.2, -0.15) is 0 Å². The number of benzene rings is 2. The zero-order valence-corrected chi connectivity index (χ0v) is 16.6. The van der Waals surface area contributed by atoms with E-state index in [0.717, 1.165) is 11.1 Å². The first-order chi connectivity index (χ1) is 13.4. The predicted octanol–water partition coefficient (Wildman–Crippen LogP) is 4.19. The highest BCUT2D eigenvalue weighted by molar-refractivity contribution is 6.13. The van der Waals surface area contributed by atoms with Gasteiger partial charge >= 0.3 is 0 Å². The molecule has 3 saturated carbocycles. The SMILES string of the molecule is CCO[C@@H]1C[C@]2(C)C(=O)[C@H]3C(c4ccccc4)(c4ccccc4)[C@@]3(C)C(=O)[C@H]12. The fraction of sp³-hybridized carbons (Fsp3) is 0.440. The largest absolute Gasteiger partial charge is 0.378 e. The summed E-state index contributed by atoms with van der Waals surface area (Å²) in [7, 11) is 0. The van der Waals surface area contributed by atoms with Gasteiger partial charge in [-0.25, -0.2) is 0 Å². The molecule has 0 N–H and O–H groups in total. The highest BCUT2D eigenvalue weighted by Gasteiger charge is 2.88. The van der Waals surface area contributed by atoms with Gasteiger partial charge in [0.25, 0.3) is 0 Å². The van der Waals surface area contributed by atoms with Crippen molar-refractivity contribution in [2.45, 2.75) is 38.7 Å². The second-order valence-electron chi connectivity index (χ2n) is 9.00. The van der Waals surface area contributed by atoms with Crippen LogP contribution in [0.25, 0.3) is 0 Å². The maximum absolute atomic E-state index is 13.9. The lowest BCUT2D eigenvalue weighted by Gasteiger charge is -2.54. The number of fused-ring (bicyclic) bond motifs is 2. The Morgan fingerprint density at radius 2 is 1.43 bits per heavy atom. The molecule has 0 radical (unpaired) electrons. The summed E-state index contributed by atoms with van der Waals surface area (Å²) in [5, 5.41) is 0. The summed E-state index contributed by atoms with van der Waals surface area (Å²) in [6, 6.07) is 20.3. The number of ketones is 2. The van der Waals surface area contributed by atoms with Crippen molar-refractivity contribution in [3.63, 3.8) is 0 Å². The zero-order chi connectivity index (χ0) is 19.7. The summed E-state index contributed by atoms with van der Waals surface area (Å²) in [6.45, 7) is 6.51. The monoisotopic (exact) mass is 374 g/mol. The van der Waals surface area contributed by atoms with Crippen LogP contribution in [0.15, 0.2) is 60.7 Å². The van der Waals surface area contributed by atoms with Gasteiger partial charge in [0.1, 0.15) is 11.6 Å². The van der Waals surface area contributed by atoms with Crippen LogP contribution in [0, 0.1) is 22.7 Å². The van der Waals surface area contributed by atoms with E-state index in [9.17, 15) is 9.59 Å². The summed E-state index contributed by atoms with van der Waals surface area (Å²) in [6.07, 6.45) is 0.525. The molecule has 0 aromatic heterocycles. The lowest BCUT2D eigenvalue weighted by Crippen LogP contribution is -2.63. The number of Topliss-reactive ketones (excluding diaryl/α,β-unsaturated/α-hetero) is 2. The predicted molar refractivity (Wildman–Crippen MR) is 107 cm³/mol. The van der Waals surface area contributed by atoms with Crippen molar-refractivity contribution in [1.82, 2.24) is 0 Å². The molecule has 144 valence electrons. The number of rotatable bonds is 4. The van der Waals surface area contributed by atoms with E-state index in [1.807, 2.05) is 57.2 Å². The Kier molecular flexibility index (Phi) is 3.59. The molecular formula is C25H26O3. The van der Waals surface area contributed by atoms with E-state index in [-0.39, 0.29) is 29.5 Å². The Morgan fingerprint density at radius 3 is 1.93 bits per heavy atom. The molecule has 3 aliphatic carbocycles. The van der Waals surface area contributed by atoms with E-state index in [1.54, 1.807) is 0 Å². The van der Waals surface area contributed by atoms with Crippen LogP contribution in [0.5, 0.6) is 0 Å². The van der Waals surface area contributed by atoms with Gasteiger partial charge in [-0.1, -0.05) is 74.5 Å². The molecule has 5 rings (SSSR count). The lowest BCUT2D eigenvalue weighted by molar-refractivity contribution is -0.183. The number of carbonyl (C=O) groups excluding carboxylic acids is 2. The lowest BCUT2D eigenvalue weighted by atomic mass is 9.50. The van der Waals surface area contributed by atoms with Crippen molar-refractivity contribution in [3.05, 3.63) is 71.8 Å². The van der Waals surface area contributed by atoms with Gasteiger partial charge in [-0.05, 0) is 24.5 Å². The molecule has 0 heterocycles. The molecular weight excluding hydrogens is 348 g/mol. The molecule has 3 aliphatic rings. The van der Waals surface area contributed by atoms with Crippen LogP contribution in [0.2, 0.25) is 0 Å². The summed E-state index contributed by atoms with van der Waals surface area (Å²) in [5.41, 5.74) is 0.237. The molecule has 0 saturated heterocycles. The van der Waals surface area contributed by atoms with Gasteiger partial charge in [-0.15, -0.1) is 0 Å². The highest BCUT2D eigenvalue weighted by atomic mass is 16.5. The second-order valence-corrected chi connectivity index (χ2v) is 9.00. The molecule has 2 aromatic rings. The van der Waals surface area contributed by atoms with Crippen molar-refractivity contribution in [2.24, 2.45) is 22.7 Å². The average molecular weight is 374 g/mol. The van der Waals surface area contributed by atoms with Crippen LogP contribution >= 0.6 is 0 Å². The molecule has 0 spiro atoms. The van der Waals surface area contributed by atoms with Crippen LogP contribution < -0.4 is 0 Å². The van der Waals surface area contributed by atoms with Gasteiger partial charge in [-0.3, -0.25) is 9.59 Å². The number of hydrogen-bond donors (Lipinski definition) is 0. The average Bonchev–Trinajstić information content (AvgIpc) is 3.30. The van der Waals surface area contributed by atoms with Crippen molar-refractivity contribution >= 4 is 11.6 Å². The number of carbonyl (C=O) groups is 2. The summed E-state index contributed by atoms with van der Waals surface area (Å²) >= 11 is 0. The molecule has 5 atom stereocenters. The molecule has 0 amide bonds. The van der Waals surface area contributed by atoms with Crippen LogP contribution in [0.4, 0.5) is 0 Å². The van der Waals surface area contributed by atoms with E-state index in [4.69, 9.17) is 4.74 Å². The molecule has 3 nitrogen and oxygen atoms in total. The Bertz CT molecular complexity index is 911. The van der Waals surface area contributed by atoms with E-state index < -0.39 is 16.2 Å². The minimum atomic E-state index is -0.716. The topological polar surface area (TPSA) is 43.4 Å². The van der Waals surface area contributed by atoms with Crippen LogP contribution in [0.1, 0.15) is 38.3 Å². The van der Waals surface area contributed by atoms with Gasteiger partial charge in [0.2, 0.25) is 0 Å². The molecule has 2 aromatic carbocycles. The van der Waals surface area contributed by atoms with Gasteiger partial charge in [0.05, 0.1) is 17.4 Å². The van der Waals surface area contributed by atoms with E-state index in [2.05, 4.69) is 24.3 Å². The van der Waals surface area contributed by atoms with Crippen LogP contribution in [0.3, 0.4) is 0 Å². The van der Waals surface area contributed by atoms with Crippen molar-refractivity contribution in [1.29, 1.82) is 0 Å². The van der Waals surface area contributed by atoms with Gasteiger partial charge in [0, 0.05) is 23.4 Å². The van der Waals surface area contributed by atoms with Gasteiger partial charge < -0.3 is 4.74 Å². The standard InChI is InChI=1S/C25H26O3/c1-4-28-18-15-23(2)19(18)21(26)24(3)20(22(23)27)25(24,16-11-7-5-8-12-16)17-13-9-6-10-14-17/h5-14,18-20H,4,15H2,1-3H3/t18-,19+,20-,23+,24-/m1/s1. The zero-order valence-electron chi connectivity index (χ0n) is 16.6. The van der Waals surface area contributed by atoms with Crippen molar-refractivity contribution < 1.29 is 14.3 Å². The van der Waals surface area contributed by atoms with Crippen molar-refractivity contribution in [3.8, 4) is 0 Å². The maximum atomic E-state index is 13.9. The maximum Gasteiger partial charge on any atom is 0.147 e. The van der Waals surface area contributed by atoms with Crippen LogP contribution in [-0.4, -0.2) is 24.3 Å². The molecule has 3 fully saturated rings. The highest BCUT2D eigenvalue weighted by Crippen LogP contribution is 2.80. The molecule has 0 unspecified atom stereocenters. The summed E-state index contributed by atoms with van der Waals surface area (Å²) < 4.78 is 5.85. The fourth-order valence-corrected chi connectivity index (χ4v) is 6.56. The van der Waals surface area contributed by atoms with Crippen LogP contribution in [-0.2, 0) is 19.7 Å². The second kappa shape index (κ2) is 5.64.